The molecule has 0 saturated heterocycles. The van der Waals surface area contributed by atoms with Crippen molar-refractivity contribution in [1.29, 1.82) is 0 Å². The number of ether oxygens (including phenoxy) is 3. The zero-order chi connectivity index (χ0) is 45.1. The minimum Gasteiger partial charge on any atom is -0.462 e. The van der Waals surface area contributed by atoms with Crippen molar-refractivity contribution in [1.82, 2.24) is 0 Å². The van der Waals surface area contributed by atoms with Crippen LogP contribution in [0.3, 0.4) is 0 Å². The van der Waals surface area contributed by atoms with Crippen LogP contribution in [0.1, 0.15) is 310 Å². The molecule has 0 amide bonds. The molecule has 1 unspecified atom stereocenters. The van der Waals surface area contributed by atoms with Gasteiger partial charge < -0.3 is 14.2 Å². The van der Waals surface area contributed by atoms with Crippen LogP contribution in [0.25, 0.3) is 0 Å². The summed E-state index contributed by atoms with van der Waals surface area (Å²) in [6.45, 7) is 6.66. The van der Waals surface area contributed by atoms with Crippen molar-refractivity contribution in [2.24, 2.45) is 0 Å². The summed E-state index contributed by atoms with van der Waals surface area (Å²) in [6.07, 6.45) is 57.7. The van der Waals surface area contributed by atoms with Gasteiger partial charge in [-0.1, -0.05) is 258 Å². The first-order valence-corrected chi connectivity index (χ1v) is 27.7. The number of carbonyl (C=O) groups is 3. The third-order valence-electron chi connectivity index (χ3n) is 12.5. The van der Waals surface area contributed by atoms with E-state index in [1.807, 2.05) is 0 Å². The summed E-state index contributed by atoms with van der Waals surface area (Å²) in [7, 11) is 0. The fourth-order valence-corrected chi connectivity index (χ4v) is 8.32. The SMILES string of the molecule is CCCCCC/C=C\CCCCCCCCCC(=O)OC(COC(=O)CCCCCCCCCCCC)COC(=O)CCCCCCCCCCCCCCCCCCCCC. The van der Waals surface area contributed by atoms with Gasteiger partial charge in [0.2, 0.25) is 0 Å². The Morgan fingerprint density at radius 3 is 0.823 bits per heavy atom. The van der Waals surface area contributed by atoms with Crippen molar-refractivity contribution in [2.45, 2.75) is 316 Å². The van der Waals surface area contributed by atoms with Crippen LogP contribution in [0.5, 0.6) is 0 Å². The maximum atomic E-state index is 12.8. The van der Waals surface area contributed by atoms with Gasteiger partial charge in [0.25, 0.3) is 0 Å². The van der Waals surface area contributed by atoms with Gasteiger partial charge in [-0.15, -0.1) is 0 Å². The lowest BCUT2D eigenvalue weighted by molar-refractivity contribution is -0.167. The number of hydrogen-bond acceptors (Lipinski definition) is 6. The molecule has 0 aliphatic heterocycles. The van der Waals surface area contributed by atoms with Crippen molar-refractivity contribution < 1.29 is 28.6 Å². The molecule has 0 fully saturated rings. The molecule has 6 nitrogen and oxygen atoms in total. The topological polar surface area (TPSA) is 78.9 Å². The molecule has 0 bridgehead atoms. The van der Waals surface area contributed by atoms with E-state index in [1.165, 1.54) is 212 Å². The van der Waals surface area contributed by atoms with Crippen LogP contribution >= 0.6 is 0 Å². The van der Waals surface area contributed by atoms with Gasteiger partial charge >= 0.3 is 17.9 Å². The molecule has 0 aromatic carbocycles. The lowest BCUT2D eigenvalue weighted by atomic mass is 10.0. The number of allylic oxidation sites excluding steroid dienone is 2. The number of esters is 3. The van der Waals surface area contributed by atoms with Crippen LogP contribution in [0.2, 0.25) is 0 Å². The zero-order valence-electron chi connectivity index (χ0n) is 41.9. The second-order valence-electron chi connectivity index (χ2n) is 18.9. The van der Waals surface area contributed by atoms with E-state index in [9.17, 15) is 14.4 Å². The summed E-state index contributed by atoms with van der Waals surface area (Å²) in [4.78, 5) is 38.0. The zero-order valence-corrected chi connectivity index (χ0v) is 41.9. The highest BCUT2D eigenvalue weighted by Crippen LogP contribution is 2.17. The van der Waals surface area contributed by atoms with E-state index in [-0.39, 0.29) is 31.1 Å². The Morgan fingerprint density at radius 1 is 0.306 bits per heavy atom. The number of rotatable bonds is 51. The van der Waals surface area contributed by atoms with E-state index in [2.05, 4.69) is 32.9 Å². The van der Waals surface area contributed by atoms with Crippen LogP contribution in [0, 0.1) is 0 Å². The van der Waals surface area contributed by atoms with Crippen molar-refractivity contribution in [3.05, 3.63) is 12.2 Å². The standard InChI is InChI=1S/C56H106O6/c1-4-7-10-13-16-19-22-24-26-27-28-29-31-32-34-37-40-43-46-49-55(58)61-52-53(51-60-54(57)48-45-42-39-36-21-18-15-12-9-6-3)62-56(59)50-47-44-41-38-35-33-30-25-23-20-17-14-11-8-5-2/h20,23,53H,4-19,21-22,24-52H2,1-3H3/b23-20-. The highest BCUT2D eigenvalue weighted by Gasteiger charge is 2.19. The fourth-order valence-electron chi connectivity index (χ4n) is 8.32. The van der Waals surface area contributed by atoms with E-state index >= 15 is 0 Å². The summed E-state index contributed by atoms with van der Waals surface area (Å²) in [6, 6.07) is 0. The average molecular weight is 875 g/mol. The average Bonchev–Trinajstić information content (AvgIpc) is 3.27. The number of unbranched alkanes of at least 4 members (excludes halogenated alkanes) is 38. The lowest BCUT2D eigenvalue weighted by Crippen LogP contribution is -2.30. The van der Waals surface area contributed by atoms with Crippen molar-refractivity contribution in [2.75, 3.05) is 13.2 Å². The molecule has 6 heteroatoms. The van der Waals surface area contributed by atoms with E-state index in [0.717, 1.165) is 57.8 Å². The predicted octanol–water partition coefficient (Wildman–Crippen LogP) is 18.2. The number of hydrogen-bond donors (Lipinski definition) is 0. The first kappa shape index (κ1) is 60.2. The van der Waals surface area contributed by atoms with Gasteiger partial charge in [-0.05, 0) is 44.9 Å². The van der Waals surface area contributed by atoms with Crippen molar-refractivity contribution >= 4 is 17.9 Å². The summed E-state index contributed by atoms with van der Waals surface area (Å²) >= 11 is 0. The third-order valence-corrected chi connectivity index (χ3v) is 12.5. The molecule has 0 N–H and O–H groups in total. The Labute approximate surface area is 386 Å². The largest absolute Gasteiger partial charge is 0.462 e. The summed E-state index contributed by atoms with van der Waals surface area (Å²) in [5.41, 5.74) is 0. The summed E-state index contributed by atoms with van der Waals surface area (Å²) in [5.74, 6) is -0.852. The van der Waals surface area contributed by atoms with Gasteiger partial charge in [-0.2, -0.15) is 0 Å². The molecule has 0 aromatic rings. The van der Waals surface area contributed by atoms with Crippen LogP contribution in [-0.4, -0.2) is 37.2 Å². The molecular formula is C56H106O6. The molecule has 366 valence electrons. The molecule has 1 atom stereocenters. The monoisotopic (exact) mass is 875 g/mol. The van der Waals surface area contributed by atoms with Gasteiger partial charge in [0.15, 0.2) is 6.10 Å². The molecule has 0 rings (SSSR count). The molecule has 0 spiro atoms. The molecular weight excluding hydrogens is 769 g/mol. The highest BCUT2D eigenvalue weighted by molar-refractivity contribution is 5.71. The molecule has 62 heavy (non-hydrogen) atoms. The third kappa shape index (κ3) is 49.2. The maximum absolute atomic E-state index is 12.8. The highest BCUT2D eigenvalue weighted by atomic mass is 16.6. The van der Waals surface area contributed by atoms with E-state index < -0.39 is 6.10 Å². The second kappa shape index (κ2) is 51.8. The van der Waals surface area contributed by atoms with E-state index in [1.54, 1.807) is 0 Å². The van der Waals surface area contributed by atoms with E-state index in [4.69, 9.17) is 14.2 Å². The molecule has 0 aliphatic rings. The van der Waals surface area contributed by atoms with Gasteiger partial charge in [-0.3, -0.25) is 14.4 Å². The Hall–Kier alpha value is -1.85. The summed E-state index contributed by atoms with van der Waals surface area (Å²) < 4.78 is 16.8. The first-order chi connectivity index (χ1) is 30.5. The molecule has 0 radical (unpaired) electrons. The van der Waals surface area contributed by atoms with E-state index in [0.29, 0.717) is 19.3 Å². The van der Waals surface area contributed by atoms with Gasteiger partial charge in [-0.25, -0.2) is 0 Å². The summed E-state index contributed by atoms with van der Waals surface area (Å²) in [5, 5.41) is 0. The molecule has 0 heterocycles. The lowest BCUT2D eigenvalue weighted by Gasteiger charge is -2.18. The van der Waals surface area contributed by atoms with Gasteiger partial charge in [0.05, 0.1) is 0 Å². The van der Waals surface area contributed by atoms with Gasteiger partial charge in [0, 0.05) is 19.3 Å². The van der Waals surface area contributed by atoms with Crippen LogP contribution < -0.4 is 0 Å². The molecule has 0 saturated carbocycles. The quantitative estimate of drug-likeness (QED) is 0.0262. The number of carbonyl (C=O) groups excluding carboxylic acids is 3. The second-order valence-corrected chi connectivity index (χ2v) is 18.9. The smallest absolute Gasteiger partial charge is 0.306 e. The normalized spacial score (nSPS) is 12.0. The maximum Gasteiger partial charge on any atom is 0.306 e. The van der Waals surface area contributed by atoms with Crippen LogP contribution in [-0.2, 0) is 28.6 Å². The minimum atomic E-state index is -0.765. The Balaban J connectivity index is 4.25. The Kier molecular flexibility index (Phi) is 50.2. The van der Waals surface area contributed by atoms with Gasteiger partial charge in [0.1, 0.15) is 13.2 Å². The molecule has 0 aliphatic carbocycles. The predicted molar refractivity (Wildman–Crippen MR) is 266 cm³/mol. The Bertz CT molecular complexity index is 962. The van der Waals surface area contributed by atoms with Crippen molar-refractivity contribution in [3.63, 3.8) is 0 Å². The fraction of sp³-hybridized carbons (Fsp3) is 0.911. The van der Waals surface area contributed by atoms with Crippen molar-refractivity contribution in [3.8, 4) is 0 Å². The van der Waals surface area contributed by atoms with Crippen LogP contribution in [0.15, 0.2) is 12.2 Å². The minimum absolute atomic E-state index is 0.0662. The first-order valence-electron chi connectivity index (χ1n) is 27.7. The molecule has 0 aromatic heterocycles. The van der Waals surface area contributed by atoms with Crippen LogP contribution in [0.4, 0.5) is 0 Å². The Morgan fingerprint density at radius 2 is 0.532 bits per heavy atom.